The molecule has 0 aromatic carbocycles. The van der Waals surface area contributed by atoms with Gasteiger partial charge in [0.25, 0.3) is 0 Å². The largest absolute Gasteiger partial charge is 0.390 e. The van der Waals surface area contributed by atoms with Gasteiger partial charge in [-0.05, 0) is 433 Å². The highest BCUT2D eigenvalue weighted by molar-refractivity contribution is 5.87. The Bertz CT molecular complexity index is 5110. The van der Waals surface area contributed by atoms with Gasteiger partial charge in [-0.3, -0.25) is 57.8 Å². The number of Topliss-reactive ketones (excluding diaryl/α,β-unsaturated/α-hetero) is 4. The van der Waals surface area contributed by atoms with Crippen molar-refractivity contribution >= 4 is 67.0 Å². The van der Waals surface area contributed by atoms with Crippen LogP contribution in [0.1, 0.15) is 312 Å². The van der Waals surface area contributed by atoms with E-state index < -0.39 is 22.4 Å². The highest BCUT2D eigenvalue weighted by Crippen LogP contribution is 2.71. The molecule has 4 N–H and O–H groups in total. The van der Waals surface area contributed by atoms with Crippen molar-refractivity contribution in [1.82, 2.24) is 59.1 Å². The number of aliphatic hydroxyl groups is 4. The minimum absolute atomic E-state index is 0.144. The first-order chi connectivity index (χ1) is 63.6. The standard InChI is InChI=1S/4C28H39N3O2/c1-3-28(33)12-9-20-18(14-28)4-5-22-21(20)8-11-27(2)23(22)6-7-24(27)26(32)17-31-16-19-10-13-29-15-25(19)30-31;1-3-28(33)12-9-20-18(14-28)4-5-22-21(20)8-11-27(2)23(22)6-7-24(27)26(32)17-31-25-16-29-13-10-19(25)15-30-31;1-3-28(33)13-11-19-18(15-28)6-7-21-20(19)10-12-27(2)22(21)8-9-23(27)26(32)17-31-25-5-4-14-29-24(25)16-30-31;1-3-28(33)13-11-19-18(15-28)6-7-21-20(19)10-12-27(2)22(21)8-9-23(27)26(32)17-31-16-25-24(30-31)5-4-14-29-25/h2*10,13,15-16,18,20-24,33H,3-9,11-12,14,17H2,1-2H3;2*4-5,14,16,18-23,33H,3,6-13,15,17H2,1-2H3/t2*18-,20-,21+,22+,23-,24+,27-,28+;2*18-,19-,20+,21+,22-,23+,27-,28+/m0000/s1. The van der Waals surface area contributed by atoms with Crippen molar-refractivity contribution in [2.75, 3.05) is 0 Å². The van der Waals surface area contributed by atoms with E-state index in [0.29, 0.717) is 73.0 Å². The molecule has 8 aromatic heterocycles. The Labute approximate surface area is 783 Å². The Morgan fingerprint density at radius 2 is 0.667 bits per heavy atom. The molecule has 0 saturated heterocycles. The summed E-state index contributed by atoms with van der Waals surface area (Å²) >= 11 is 0. The maximum Gasteiger partial charge on any atom is 0.157 e. The van der Waals surface area contributed by atoms with Gasteiger partial charge in [-0.25, -0.2) is 0 Å². The lowest BCUT2D eigenvalue weighted by Crippen LogP contribution is -2.51. The fourth-order valence-corrected chi connectivity index (χ4v) is 36.4. The van der Waals surface area contributed by atoms with Crippen molar-refractivity contribution < 1.29 is 39.6 Å². The average Bonchev–Trinajstić information content (AvgIpc) is 1.58. The molecule has 0 amide bonds. The van der Waals surface area contributed by atoms with Gasteiger partial charge in [0.15, 0.2) is 23.1 Å². The fourth-order valence-electron chi connectivity index (χ4n) is 36.4. The van der Waals surface area contributed by atoms with Gasteiger partial charge in [0.05, 0.1) is 77.5 Å². The Morgan fingerprint density at radius 1 is 0.318 bits per heavy atom. The van der Waals surface area contributed by atoms with Gasteiger partial charge in [-0.15, -0.1) is 0 Å². The molecule has 132 heavy (non-hydrogen) atoms. The van der Waals surface area contributed by atoms with E-state index in [1.54, 1.807) is 37.2 Å². The number of rotatable bonds is 16. The van der Waals surface area contributed by atoms with Gasteiger partial charge in [-0.1, -0.05) is 55.4 Å². The second-order valence-electron chi connectivity index (χ2n) is 48.5. The molecule has 8 heterocycles. The SMILES string of the molecule is CC[C@@]1(O)CC[C@H]2[C@@H](CC[C@@H]3[C@@H]2CC[C@]2(C)[C@@H](C(=O)Cn4cc5ccncc5n4)CC[C@@H]32)C1.CC[C@@]1(O)CC[C@H]2[C@@H](CC[C@@H]3[C@@H]2CC[C@]2(C)[C@@H](C(=O)Cn4cc5ncccc5n4)CC[C@@H]32)C1.CC[C@@]1(O)CC[C@H]2[C@@H](CC[C@@H]3[C@@H]2CC[C@]2(C)[C@@H](C(=O)Cn4ncc5ccncc54)CC[C@@H]32)C1.CC[C@@]1(O)CC[C@H]2[C@@H](CC[C@@H]3[C@@H]2CC[C@]2(C)[C@@H](C(=O)Cn4ncc5ncccc54)CC[C@@H]32)C1. The van der Waals surface area contributed by atoms with Crippen LogP contribution in [-0.4, -0.2) is 125 Å². The number of carbonyl (C=O) groups excluding carboxylic acids is 4. The molecule has 20 heteroatoms. The zero-order valence-corrected chi connectivity index (χ0v) is 81.0. The third-order valence-corrected chi connectivity index (χ3v) is 43.4. The van der Waals surface area contributed by atoms with Crippen LogP contribution in [0.2, 0.25) is 0 Å². The van der Waals surface area contributed by atoms with Gasteiger partial charge in [0.1, 0.15) is 35.2 Å². The third kappa shape index (κ3) is 16.3. The molecule has 712 valence electrons. The summed E-state index contributed by atoms with van der Waals surface area (Å²) in [4.78, 5) is 71.4. The van der Waals surface area contributed by atoms with Gasteiger partial charge < -0.3 is 20.4 Å². The monoisotopic (exact) mass is 1800 g/mol. The molecule has 20 nitrogen and oxygen atoms in total. The smallest absolute Gasteiger partial charge is 0.157 e. The van der Waals surface area contributed by atoms with Crippen molar-refractivity contribution in [1.29, 1.82) is 0 Å². The maximum absolute atomic E-state index is 13.6. The van der Waals surface area contributed by atoms with Crippen LogP contribution in [0.3, 0.4) is 0 Å². The second kappa shape index (κ2) is 35.8. The number of ketones is 4. The molecule has 16 aliphatic carbocycles. The minimum atomic E-state index is -0.408. The Balaban J connectivity index is 0.000000106. The predicted octanol–water partition coefficient (Wildman–Crippen LogP) is 21.6. The van der Waals surface area contributed by atoms with Crippen LogP contribution < -0.4 is 0 Å². The van der Waals surface area contributed by atoms with E-state index in [1.807, 2.05) is 79.9 Å². The molecular weight excluding hydrogens is 1640 g/mol. The Kier molecular flexibility index (Phi) is 24.8. The number of hydrogen-bond acceptors (Lipinski definition) is 16. The molecule has 0 aliphatic heterocycles. The number of hydrogen-bond donors (Lipinski definition) is 4. The number of fused-ring (bicyclic) bond motifs is 24. The molecule has 32 atom stereocenters. The molecule has 0 spiro atoms. The number of carbonyl (C=O) groups is 4. The molecular formula is C112H156N12O8. The first-order valence-electron chi connectivity index (χ1n) is 53.7. The van der Waals surface area contributed by atoms with Gasteiger partial charge in [0, 0.05) is 65.4 Å². The Morgan fingerprint density at radius 3 is 1.07 bits per heavy atom. The summed E-state index contributed by atoms with van der Waals surface area (Å²) < 4.78 is 7.35. The van der Waals surface area contributed by atoms with Crippen molar-refractivity contribution in [3.8, 4) is 0 Å². The summed E-state index contributed by atoms with van der Waals surface area (Å²) in [6.07, 6.45) is 64.0. The average molecular weight is 1800 g/mol. The molecule has 24 rings (SSSR count). The highest BCUT2D eigenvalue weighted by Gasteiger charge is 2.65. The maximum atomic E-state index is 13.6. The fraction of sp³-hybridized carbons (Fsp3) is 0.750. The molecule has 16 aliphatic rings. The van der Waals surface area contributed by atoms with Crippen molar-refractivity contribution in [3.05, 3.63) is 98.4 Å². The zero-order chi connectivity index (χ0) is 91.2. The summed E-state index contributed by atoms with van der Waals surface area (Å²) in [6, 6.07) is 11.7. The highest BCUT2D eigenvalue weighted by atomic mass is 16.3. The van der Waals surface area contributed by atoms with E-state index >= 15 is 0 Å². The molecule has 16 fully saturated rings. The van der Waals surface area contributed by atoms with E-state index in [1.165, 1.54) is 154 Å². The lowest BCUT2D eigenvalue weighted by Gasteiger charge is -2.57. The quantitative estimate of drug-likeness (QED) is 0.0700. The van der Waals surface area contributed by atoms with E-state index in [2.05, 4.69) is 95.7 Å². The topological polar surface area (TPSA) is 272 Å². The summed E-state index contributed by atoms with van der Waals surface area (Å²) in [5.74, 6) is 17.4. The zero-order valence-electron chi connectivity index (χ0n) is 81.0. The minimum Gasteiger partial charge on any atom is -0.390 e. The first kappa shape index (κ1) is 91.4. The first-order valence-corrected chi connectivity index (χ1v) is 53.7. The van der Waals surface area contributed by atoms with Crippen molar-refractivity contribution in [3.63, 3.8) is 0 Å². The lowest BCUT2D eigenvalue weighted by atomic mass is 9.48. The van der Waals surface area contributed by atoms with Crippen LogP contribution in [0.15, 0.2) is 98.4 Å². The molecule has 8 aromatic rings. The van der Waals surface area contributed by atoms with Crippen molar-refractivity contribution in [2.45, 2.75) is 361 Å². The molecule has 0 bridgehead atoms. The number of nitrogens with zero attached hydrogens (tertiary/aromatic N) is 12. The summed E-state index contributed by atoms with van der Waals surface area (Å²) in [6.45, 7) is 19.9. The van der Waals surface area contributed by atoms with Crippen LogP contribution in [0.5, 0.6) is 0 Å². The summed E-state index contributed by atoms with van der Waals surface area (Å²) in [7, 11) is 0. The summed E-state index contributed by atoms with van der Waals surface area (Å²) in [5, 5.41) is 64.0. The third-order valence-electron chi connectivity index (χ3n) is 43.4. The molecule has 16 saturated carbocycles. The predicted molar refractivity (Wildman–Crippen MR) is 514 cm³/mol. The van der Waals surface area contributed by atoms with Crippen LogP contribution in [0.4, 0.5) is 0 Å². The van der Waals surface area contributed by atoms with E-state index in [9.17, 15) is 39.6 Å². The Hall–Kier alpha value is -7.00. The molecule has 0 radical (unpaired) electrons. The lowest BCUT2D eigenvalue weighted by molar-refractivity contribution is -0.134. The van der Waals surface area contributed by atoms with Gasteiger partial charge in [-0.2, -0.15) is 20.4 Å². The molecule has 0 unspecified atom stereocenters. The van der Waals surface area contributed by atoms with Crippen LogP contribution in [0, 0.1) is 164 Å². The normalized spacial score (nSPS) is 42.5. The van der Waals surface area contributed by atoms with Gasteiger partial charge >= 0.3 is 0 Å². The van der Waals surface area contributed by atoms with E-state index in [0.717, 1.165) is 241 Å². The number of aromatic nitrogens is 12. The number of pyridine rings is 4. The van der Waals surface area contributed by atoms with E-state index in [-0.39, 0.29) is 45.3 Å². The van der Waals surface area contributed by atoms with Crippen LogP contribution in [0.25, 0.3) is 43.9 Å². The second-order valence-corrected chi connectivity index (χ2v) is 48.5. The van der Waals surface area contributed by atoms with Crippen LogP contribution in [-0.2, 0) is 45.4 Å². The van der Waals surface area contributed by atoms with Crippen molar-refractivity contribution in [2.24, 2.45) is 164 Å². The van der Waals surface area contributed by atoms with Crippen LogP contribution >= 0.6 is 0 Å². The van der Waals surface area contributed by atoms with E-state index in [4.69, 9.17) is 0 Å². The van der Waals surface area contributed by atoms with Gasteiger partial charge in [0.2, 0.25) is 0 Å². The summed E-state index contributed by atoms with van der Waals surface area (Å²) in [5.41, 5.74) is 4.31.